The molecule has 0 saturated carbocycles. The van der Waals surface area contributed by atoms with Crippen LogP contribution in [0.15, 0.2) is 72.9 Å². The number of aryl methyl sites for hydroxylation is 1. The molecule has 0 unspecified atom stereocenters. The molecule has 5 heteroatoms. The molecule has 3 aromatic carbocycles. The maximum Gasteiger partial charge on any atom is 0.195 e. The second-order valence-corrected chi connectivity index (χ2v) is 8.26. The molecule has 0 aliphatic heterocycles. The van der Waals surface area contributed by atoms with E-state index >= 15 is 0 Å². The monoisotopic (exact) mass is 447 g/mol. The molecule has 0 bridgehead atoms. The van der Waals surface area contributed by atoms with Gasteiger partial charge < -0.3 is 14.4 Å². The second-order valence-electron chi connectivity index (χ2n) is 7.82. The molecule has 4 rings (SSSR count). The Morgan fingerprint density at radius 1 is 1.00 bits per heavy atom. The minimum atomic E-state index is -0.0237. The van der Waals surface area contributed by atoms with Crippen molar-refractivity contribution >= 4 is 28.3 Å². The summed E-state index contributed by atoms with van der Waals surface area (Å²) in [6.45, 7) is 3.10. The van der Waals surface area contributed by atoms with E-state index in [4.69, 9.17) is 21.4 Å². The van der Waals surface area contributed by atoms with Crippen molar-refractivity contribution in [3.63, 3.8) is 0 Å². The molecule has 1 aromatic heterocycles. The predicted molar refractivity (Wildman–Crippen MR) is 129 cm³/mol. The van der Waals surface area contributed by atoms with Gasteiger partial charge in [0.25, 0.3) is 0 Å². The first kappa shape index (κ1) is 22.1. The van der Waals surface area contributed by atoms with Gasteiger partial charge in [0.1, 0.15) is 11.5 Å². The Morgan fingerprint density at radius 3 is 2.41 bits per heavy atom. The van der Waals surface area contributed by atoms with Crippen LogP contribution in [0.2, 0.25) is 5.02 Å². The van der Waals surface area contributed by atoms with Gasteiger partial charge in [0, 0.05) is 46.4 Å². The largest absolute Gasteiger partial charge is 0.457 e. The van der Waals surface area contributed by atoms with E-state index in [1.807, 2.05) is 60.8 Å². The van der Waals surface area contributed by atoms with Crippen LogP contribution in [0.1, 0.15) is 41.3 Å². The molecular weight excluding hydrogens is 422 g/mol. The average Bonchev–Trinajstić information content (AvgIpc) is 3.17. The number of ketones is 1. The number of carbonyl (C=O) groups is 1. The molecule has 164 valence electrons. The summed E-state index contributed by atoms with van der Waals surface area (Å²) < 4.78 is 8.16. The number of aliphatic hydroxyl groups is 1. The van der Waals surface area contributed by atoms with Crippen molar-refractivity contribution in [1.29, 1.82) is 0 Å². The van der Waals surface area contributed by atoms with Crippen molar-refractivity contribution in [2.75, 3.05) is 6.61 Å². The number of benzene rings is 3. The molecule has 4 nitrogen and oxygen atoms in total. The van der Waals surface area contributed by atoms with E-state index in [-0.39, 0.29) is 12.4 Å². The van der Waals surface area contributed by atoms with Crippen LogP contribution in [0, 0.1) is 0 Å². The number of aliphatic hydroxyl groups excluding tert-OH is 1. The molecule has 4 aromatic rings. The fourth-order valence-corrected chi connectivity index (χ4v) is 3.91. The fourth-order valence-electron chi connectivity index (χ4n) is 3.78. The Bertz CT molecular complexity index is 1210. The van der Waals surface area contributed by atoms with Gasteiger partial charge >= 0.3 is 0 Å². The Balaban J connectivity index is 1.71. The lowest BCUT2D eigenvalue weighted by Crippen LogP contribution is -2.02. The van der Waals surface area contributed by atoms with Gasteiger partial charge in [-0.3, -0.25) is 4.79 Å². The fraction of sp³-hybridized carbons (Fsp3) is 0.222. The summed E-state index contributed by atoms with van der Waals surface area (Å²) >= 11 is 5.97. The highest BCUT2D eigenvalue weighted by Gasteiger charge is 2.18. The number of nitrogens with zero attached hydrogens (tertiary/aromatic N) is 1. The number of hydrogen-bond acceptors (Lipinski definition) is 3. The summed E-state index contributed by atoms with van der Waals surface area (Å²) in [6, 6.07) is 20.5. The zero-order valence-corrected chi connectivity index (χ0v) is 18.8. The summed E-state index contributed by atoms with van der Waals surface area (Å²) in [5, 5.41) is 10.6. The van der Waals surface area contributed by atoms with Gasteiger partial charge in [-0.05, 0) is 60.9 Å². The van der Waals surface area contributed by atoms with Gasteiger partial charge in [0.15, 0.2) is 5.78 Å². The van der Waals surface area contributed by atoms with Gasteiger partial charge in [-0.1, -0.05) is 49.2 Å². The molecule has 0 saturated heterocycles. The highest BCUT2D eigenvalue weighted by atomic mass is 35.5. The van der Waals surface area contributed by atoms with Gasteiger partial charge in [0.05, 0.1) is 0 Å². The minimum Gasteiger partial charge on any atom is -0.457 e. The highest BCUT2D eigenvalue weighted by Crippen LogP contribution is 2.31. The third-order valence-electron chi connectivity index (χ3n) is 5.52. The normalized spacial score (nSPS) is 11.1. The number of hydrogen-bond donors (Lipinski definition) is 1. The van der Waals surface area contributed by atoms with Gasteiger partial charge in [-0.2, -0.15) is 0 Å². The molecule has 0 amide bonds. The number of carbonyl (C=O) groups excluding carboxylic acids is 1. The van der Waals surface area contributed by atoms with Crippen LogP contribution in [0.5, 0.6) is 11.5 Å². The molecule has 1 heterocycles. The summed E-state index contributed by atoms with van der Waals surface area (Å²) in [5.74, 6) is 1.33. The van der Waals surface area contributed by atoms with E-state index in [9.17, 15) is 4.79 Å². The topological polar surface area (TPSA) is 51.5 Å². The van der Waals surface area contributed by atoms with Crippen molar-refractivity contribution < 1.29 is 14.6 Å². The summed E-state index contributed by atoms with van der Waals surface area (Å²) in [6.07, 6.45) is 4.65. The molecular formula is C27H26ClNO3. The lowest BCUT2D eigenvalue weighted by atomic mass is 10.0. The van der Waals surface area contributed by atoms with E-state index in [1.54, 1.807) is 12.1 Å². The Kier molecular flexibility index (Phi) is 6.93. The van der Waals surface area contributed by atoms with Crippen molar-refractivity contribution in [1.82, 2.24) is 4.57 Å². The van der Waals surface area contributed by atoms with Crippen molar-refractivity contribution in [2.24, 2.45) is 0 Å². The predicted octanol–water partition coefficient (Wildman–Crippen LogP) is 6.65. The molecule has 0 aliphatic rings. The first-order valence-electron chi connectivity index (χ1n) is 10.9. The molecule has 0 atom stereocenters. The number of halogens is 1. The van der Waals surface area contributed by atoms with E-state index in [1.165, 1.54) is 0 Å². The minimum absolute atomic E-state index is 0.0237. The third-order valence-corrected chi connectivity index (χ3v) is 5.77. The van der Waals surface area contributed by atoms with Crippen LogP contribution in [-0.4, -0.2) is 22.1 Å². The highest BCUT2D eigenvalue weighted by molar-refractivity contribution is 6.30. The lowest BCUT2D eigenvalue weighted by Gasteiger charge is -2.08. The number of rotatable bonds is 9. The van der Waals surface area contributed by atoms with Gasteiger partial charge in [-0.15, -0.1) is 0 Å². The summed E-state index contributed by atoms with van der Waals surface area (Å²) in [7, 11) is 0. The van der Waals surface area contributed by atoms with E-state index in [0.29, 0.717) is 34.1 Å². The summed E-state index contributed by atoms with van der Waals surface area (Å²) in [5.41, 5.74) is 3.31. The van der Waals surface area contributed by atoms with Crippen LogP contribution in [-0.2, 0) is 13.0 Å². The number of fused-ring (bicyclic) bond motifs is 1. The third kappa shape index (κ3) is 4.87. The van der Waals surface area contributed by atoms with Crippen LogP contribution in [0.4, 0.5) is 0 Å². The second kappa shape index (κ2) is 10.0. The zero-order chi connectivity index (χ0) is 22.5. The van der Waals surface area contributed by atoms with Crippen LogP contribution in [0.25, 0.3) is 10.9 Å². The zero-order valence-electron chi connectivity index (χ0n) is 18.1. The van der Waals surface area contributed by atoms with Gasteiger partial charge in [0.2, 0.25) is 0 Å². The molecule has 0 fully saturated rings. The molecule has 32 heavy (non-hydrogen) atoms. The summed E-state index contributed by atoms with van der Waals surface area (Å²) in [4.78, 5) is 13.4. The number of aromatic nitrogens is 1. The first-order chi connectivity index (χ1) is 15.6. The number of ether oxygens (including phenoxy) is 1. The molecule has 1 N–H and O–H groups in total. The van der Waals surface area contributed by atoms with Gasteiger partial charge in [-0.25, -0.2) is 0 Å². The van der Waals surface area contributed by atoms with Crippen LogP contribution >= 0.6 is 11.6 Å². The Morgan fingerprint density at radius 2 is 1.72 bits per heavy atom. The van der Waals surface area contributed by atoms with Crippen LogP contribution < -0.4 is 4.74 Å². The van der Waals surface area contributed by atoms with Crippen LogP contribution in [0.3, 0.4) is 0 Å². The smallest absolute Gasteiger partial charge is 0.195 e. The molecule has 0 spiro atoms. The van der Waals surface area contributed by atoms with E-state index < -0.39 is 0 Å². The molecule has 0 aliphatic carbocycles. The average molecular weight is 448 g/mol. The maximum absolute atomic E-state index is 13.4. The van der Waals surface area contributed by atoms with E-state index in [2.05, 4.69) is 11.5 Å². The van der Waals surface area contributed by atoms with E-state index in [0.717, 1.165) is 35.9 Å². The SMILES string of the molecule is CCCCn1cc(C(=O)c2ccc(CCO)cc2)c2cc(Oc3ccc(Cl)cc3)ccc21. The first-order valence-corrected chi connectivity index (χ1v) is 11.3. The standard InChI is InChI=1S/C27H26ClNO3/c1-2-3-15-29-18-25(27(31)20-6-4-19(5-7-20)14-16-30)24-17-23(12-13-26(24)29)32-22-10-8-21(28)9-11-22/h4-13,17-18,30H,2-3,14-16H2,1H3. The molecule has 0 radical (unpaired) electrons. The Labute approximate surface area is 193 Å². The lowest BCUT2D eigenvalue weighted by molar-refractivity contribution is 0.104. The maximum atomic E-state index is 13.4. The van der Waals surface area contributed by atoms with Crippen molar-refractivity contribution in [3.8, 4) is 11.5 Å². The van der Waals surface area contributed by atoms with Crippen molar-refractivity contribution in [3.05, 3.63) is 94.6 Å². The van der Waals surface area contributed by atoms with Crippen molar-refractivity contribution in [2.45, 2.75) is 32.7 Å². The number of unbranched alkanes of at least 4 members (excludes halogenated alkanes) is 1. The quantitative estimate of drug-likeness (QED) is 0.292. The Hall–Kier alpha value is -3.08.